The topological polar surface area (TPSA) is 35.5 Å². The van der Waals surface area contributed by atoms with Crippen LogP contribution in [0.15, 0.2) is 30.3 Å². The van der Waals surface area contributed by atoms with Crippen LogP contribution < -0.4 is 0 Å². The first-order valence-electron chi connectivity index (χ1n) is 5.68. The lowest BCUT2D eigenvalue weighted by Crippen LogP contribution is -2.25. The lowest BCUT2D eigenvalue weighted by atomic mass is 10.1. The van der Waals surface area contributed by atoms with E-state index in [1.54, 1.807) is 0 Å². The Balaban J connectivity index is 1.79. The number of hydrogen-bond donors (Lipinski definition) is 0. The fourth-order valence-electron chi connectivity index (χ4n) is 1.72. The second-order valence-corrected chi connectivity index (χ2v) is 3.85. The average Bonchev–Trinajstić information content (AvgIpc) is 2.38. The van der Waals surface area contributed by atoms with Crippen LogP contribution in [-0.4, -0.2) is 25.3 Å². The summed E-state index contributed by atoms with van der Waals surface area (Å²) in [4.78, 5) is 11.8. The maximum atomic E-state index is 11.8. The van der Waals surface area contributed by atoms with E-state index in [2.05, 4.69) is 0 Å². The summed E-state index contributed by atoms with van der Waals surface area (Å²) in [5, 5.41) is 0. The van der Waals surface area contributed by atoms with Crippen molar-refractivity contribution in [1.29, 1.82) is 0 Å². The van der Waals surface area contributed by atoms with Gasteiger partial charge in [0.05, 0.1) is 13.2 Å². The van der Waals surface area contributed by atoms with Crippen molar-refractivity contribution in [2.24, 2.45) is 0 Å². The minimum Gasteiger partial charge on any atom is -0.353 e. The molecule has 0 amide bonds. The summed E-state index contributed by atoms with van der Waals surface area (Å²) in [5.41, 5.74) is 0.762. The molecular formula is C13H16O3. The minimum atomic E-state index is -0.193. The van der Waals surface area contributed by atoms with Crippen molar-refractivity contribution in [3.05, 3.63) is 35.9 Å². The van der Waals surface area contributed by atoms with Gasteiger partial charge in [-0.05, 0) is 6.42 Å². The van der Waals surface area contributed by atoms with E-state index in [1.165, 1.54) is 0 Å². The highest BCUT2D eigenvalue weighted by Gasteiger charge is 2.16. The third kappa shape index (κ3) is 3.15. The lowest BCUT2D eigenvalue weighted by molar-refractivity contribution is -0.180. The molecule has 1 fully saturated rings. The fraction of sp³-hybridized carbons (Fsp3) is 0.462. The average molecular weight is 220 g/mol. The van der Waals surface area contributed by atoms with Crippen LogP contribution in [0.4, 0.5) is 0 Å². The molecule has 0 aliphatic carbocycles. The molecule has 0 aromatic heterocycles. The highest BCUT2D eigenvalue weighted by Crippen LogP contribution is 2.13. The summed E-state index contributed by atoms with van der Waals surface area (Å²) >= 11 is 0. The van der Waals surface area contributed by atoms with Crippen molar-refractivity contribution in [3.8, 4) is 0 Å². The van der Waals surface area contributed by atoms with Gasteiger partial charge in [0.25, 0.3) is 0 Å². The molecule has 1 aromatic carbocycles. The van der Waals surface area contributed by atoms with Crippen LogP contribution in [0, 0.1) is 0 Å². The molecule has 0 atom stereocenters. The molecule has 2 rings (SSSR count). The molecule has 1 aliphatic heterocycles. The Hall–Kier alpha value is -1.19. The predicted octanol–water partition coefficient (Wildman–Crippen LogP) is 2.41. The van der Waals surface area contributed by atoms with Crippen molar-refractivity contribution in [3.63, 3.8) is 0 Å². The Bertz CT molecular complexity index is 328. The van der Waals surface area contributed by atoms with Crippen molar-refractivity contribution in [2.45, 2.75) is 25.6 Å². The molecule has 86 valence electrons. The lowest BCUT2D eigenvalue weighted by Gasteiger charge is -2.22. The fourth-order valence-corrected chi connectivity index (χ4v) is 1.72. The molecule has 0 spiro atoms. The SMILES string of the molecule is O=C(CCC1OCCCO1)c1ccccc1. The summed E-state index contributed by atoms with van der Waals surface area (Å²) < 4.78 is 10.8. The standard InChI is InChI=1S/C13H16O3/c14-12(11-5-2-1-3-6-11)7-8-13-15-9-4-10-16-13/h1-3,5-6,13H,4,7-10H2. The highest BCUT2D eigenvalue weighted by molar-refractivity contribution is 5.95. The molecule has 0 N–H and O–H groups in total. The molecule has 1 heterocycles. The van der Waals surface area contributed by atoms with Gasteiger partial charge in [-0.1, -0.05) is 30.3 Å². The molecule has 0 saturated carbocycles. The van der Waals surface area contributed by atoms with Gasteiger partial charge in [0.2, 0.25) is 0 Å². The zero-order valence-corrected chi connectivity index (χ0v) is 9.22. The Morgan fingerprint density at radius 1 is 1.19 bits per heavy atom. The van der Waals surface area contributed by atoms with Gasteiger partial charge >= 0.3 is 0 Å². The molecule has 1 aromatic rings. The van der Waals surface area contributed by atoms with E-state index in [0.717, 1.165) is 25.2 Å². The van der Waals surface area contributed by atoms with E-state index in [-0.39, 0.29) is 12.1 Å². The van der Waals surface area contributed by atoms with Gasteiger partial charge in [-0.3, -0.25) is 4.79 Å². The molecular weight excluding hydrogens is 204 g/mol. The maximum Gasteiger partial charge on any atom is 0.163 e. The van der Waals surface area contributed by atoms with Crippen LogP contribution in [0.2, 0.25) is 0 Å². The monoisotopic (exact) mass is 220 g/mol. The summed E-state index contributed by atoms with van der Waals surface area (Å²) in [5.74, 6) is 0.151. The molecule has 16 heavy (non-hydrogen) atoms. The zero-order chi connectivity index (χ0) is 11.2. The number of ketones is 1. The third-order valence-electron chi connectivity index (χ3n) is 2.60. The van der Waals surface area contributed by atoms with Crippen LogP contribution in [0.3, 0.4) is 0 Å². The van der Waals surface area contributed by atoms with E-state index >= 15 is 0 Å². The van der Waals surface area contributed by atoms with Crippen LogP contribution in [0.5, 0.6) is 0 Å². The summed E-state index contributed by atoms with van der Waals surface area (Å²) in [6, 6.07) is 9.33. The second-order valence-electron chi connectivity index (χ2n) is 3.85. The molecule has 0 bridgehead atoms. The summed E-state index contributed by atoms with van der Waals surface area (Å²) in [6.45, 7) is 1.48. The molecule has 1 saturated heterocycles. The number of benzene rings is 1. The Morgan fingerprint density at radius 3 is 2.56 bits per heavy atom. The van der Waals surface area contributed by atoms with Crippen molar-refractivity contribution in [2.75, 3.05) is 13.2 Å². The molecule has 0 radical (unpaired) electrons. The van der Waals surface area contributed by atoms with Gasteiger partial charge in [-0.25, -0.2) is 0 Å². The summed E-state index contributed by atoms with van der Waals surface area (Å²) in [6.07, 6.45) is 1.88. The molecule has 1 aliphatic rings. The quantitative estimate of drug-likeness (QED) is 0.731. The van der Waals surface area contributed by atoms with E-state index < -0.39 is 0 Å². The van der Waals surface area contributed by atoms with Gasteiger partial charge in [0.1, 0.15) is 0 Å². The first kappa shape index (κ1) is 11.3. The van der Waals surface area contributed by atoms with E-state index in [0.29, 0.717) is 12.8 Å². The van der Waals surface area contributed by atoms with Crippen molar-refractivity contribution in [1.82, 2.24) is 0 Å². The van der Waals surface area contributed by atoms with Gasteiger partial charge < -0.3 is 9.47 Å². The highest BCUT2D eigenvalue weighted by atomic mass is 16.7. The van der Waals surface area contributed by atoms with E-state index in [9.17, 15) is 4.79 Å². The Kier molecular flexibility index (Phi) is 4.08. The number of carbonyl (C=O) groups is 1. The van der Waals surface area contributed by atoms with E-state index in [4.69, 9.17) is 9.47 Å². The van der Waals surface area contributed by atoms with Gasteiger partial charge in [0, 0.05) is 18.4 Å². The Labute approximate surface area is 95.4 Å². The largest absolute Gasteiger partial charge is 0.353 e. The number of hydrogen-bond acceptors (Lipinski definition) is 3. The summed E-state index contributed by atoms with van der Waals surface area (Å²) in [7, 11) is 0. The van der Waals surface area contributed by atoms with Gasteiger partial charge in [0.15, 0.2) is 12.1 Å². The number of carbonyl (C=O) groups excluding carboxylic acids is 1. The number of ether oxygens (including phenoxy) is 2. The third-order valence-corrected chi connectivity index (χ3v) is 2.60. The van der Waals surface area contributed by atoms with Crippen LogP contribution >= 0.6 is 0 Å². The van der Waals surface area contributed by atoms with E-state index in [1.807, 2.05) is 30.3 Å². The second kappa shape index (κ2) is 5.77. The first-order chi connectivity index (χ1) is 7.86. The van der Waals surface area contributed by atoms with Crippen LogP contribution in [-0.2, 0) is 9.47 Å². The zero-order valence-electron chi connectivity index (χ0n) is 9.22. The Morgan fingerprint density at radius 2 is 1.88 bits per heavy atom. The van der Waals surface area contributed by atoms with Gasteiger partial charge in [-0.2, -0.15) is 0 Å². The van der Waals surface area contributed by atoms with Crippen molar-refractivity contribution < 1.29 is 14.3 Å². The molecule has 0 unspecified atom stereocenters. The molecule has 3 nitrogen and oxygen atoms in total. The molecule has 3 heteroatoms. The first-order valence-corrected chi connectivity index (χ1v) is 5.68. The minimum absolute atomic E-state index is 0.151. The number of Topliss-reactive ketones (excluding diaryl/α,β-unsaturated/α-hetero) is 1. The normalized spacial score (nSPS) is 17.2. The number of rotatable bonds is 4. The maximum absolute atomic E-state index is 11.8. The van der Waals surface area contributed by atoms with Gasteiger partial charge in [-0.15, -0.1) is 0 Å². The smallest absolute Gasteiger partial charge is 0.163 e. The van der Waals surface area contributed by atoms with Crippen molar-refractivity contribution >= 4 is 5.78 Å². The predicted molar refractivity (Wildman–Crippen MR) is 60.3 cm³/mol. The van der Waals surface area contributed by atoms with Crippen LogP contribution in [0.1, 0.15) is 29.6 Å². The van der Waals surface area contributed by atoms with Crippen LogP contribution in [0.25, 0.3) is 0 Å².